The first-order valence-electron chi connectivity index (χ1n) is 6.68. The van der Waals surface area contributed by atoms with Crippen molar-refractivity contribution in [2.24, 2.45) is 5.92 Å². The van der Waals surface area contributed by atoms with Gasteiger partial charge in [0.2, 0.25) is 0 Å². The van der Waals surface area contributed by atoms with Gasteiger partial charge in [0, 0.05) is 18.5 Å². The van der Waals surface area contributed by atoms with Gasteiger partial charge >= 0.3 is 5.97 Å². The van der Waals surface area contributed by atoms with Crippen LogP contribution >= 0.6 is 0 Å². The highest BCUT2D eigenvalue weighted by Crippen LogP contribution is 2.48. The van der Waals surface area contributed by atoms with Crippen LogP contribution in [0.4, 0.5) is 0 Å². The summed E-state index contributed by atoms with van der Waals surface area (Å²) in [5.74, 6) is -0.405. The van der Waals surface area contributed by atoms with Crippen LogP contribution < -0.4 is 5.32 Å². The number of benzene rings is 1. The minimum atomic E-state index is -0.663. The van der Waals surface area contributed by atoms with Crippen LogP contribution in [0.15, 0.2) is 24.3 Å². The normalized spacial score (nSPS) is 34.5. The molecular formula is C15H19NO2. The van der Waals surface area contributed by atoms with Gasteiger partial charge in [-0.1, -0.05) is 31.2 Å². The molecule has 3 nitrogen and oxygen atoms in total. The van der Waals surface area contributed by atoms with E-state index in [1.807, 2.05) is 6.07 Å². The van der Waals surface area contributed by atoms with Crippen LogP contribution in [0.1, 0.15) is 36.8 Å². The van der Waals surface area contributed by atoms with Gasteiger partial charge in [0.25, 0.3) is 0 Å². The van der Waals surface area contributed by atoms with Gasteiger partial charge < -0.3 is 10.4 Å². The van der Waals surface area contributed by atoms with Gasteiger partial charge in [0.1, 0.15) is 0 Å². The zero-order chi connectivity index (χ0) is 12.8. The molecule has 1 saturated heterocycles. The van der Waals surface area contributed by atoms with Crippen LogP contribution in [0.5, 0.6) is 0 Å². The van der Waals surface area contributed by atoms with E-state index in [9.17, 15) is 9.90 Å². The van der Waals surface area contributed by atoms with Gasteiger partial charge in [0.05, 0.1) is 5.92 Å². The van der Waals surface area contributed by atoms with Crippen molar-refractivity contribution in [1.29, 1.82) is 0 Å². The Morgan fingerprint density at radius 3 is 3.00 bits per heavy atom. The fourth-order valence-corrected chi connectivity index (χ4v) is 3.77. The topological polar surface area (TPSA) is 49.3 Å². The van der Waals surface area contributed by atoms with Crippen molar-refractivity contribution in [2.75, 3.05) is 13.1 Å². The molecule has 0 aromatic heterocycles. The zero-order valence-corrected chi connectivity index (χ0v) is 10.6. The highest BCUT2D eigenvalue weighted by atomic mass is 16.4. The summed E-state index contributed by atoms with van der Waals surface area (Å²) in [4.78, 5) is 11.5. The average Bonchev–Trinajstić information content (AvgIpc) is 2.80. The Bertz CT molecular complexity index is 485. The predicted octanol–water partition coefficient (Wildman–Crippen LogP) is 2.13. The van der Waals surface area contributed by atoms with Crippen molar-refractivity contribution in [3.63, 3.8) is 0 Å². The van der Waals surface area contributed by atoms with E-state index in [-0.39, 0.29) is 11.3 Å². The molecule has 3 unspecified atom stereocenters. The van der Waals surface area contributed by atoms with E-state index in [2.05, 4.69) is 30.4 Å². The Labute approximate surface area is 107 Å². The molecule has 0 saturated carbocycles. The number of carboxylic acid groups (broad SMARTS) is 1. The first-order valence-corrected chi connectivity index (χ1v) is 6.68. The number of nitrogens with one attached hydrogen (secondary N) is 1. The van der Waals surface area contributed by atoms with Gasteiger partial charge in [-0.2, -0.15) is 0 Å². The van der Waals surface area contributed by atoms with Gasteiger partial charge in [0.15, 0.2) is 0 Å². The molecule has 0 radical (unpaired) electrons. The SMILES string of the molecule is CC1CCC2(CNCC2C(=O)O)c2ccccc21. The molecule has 1 aromatic rings. The fraction of sp³-hybridized carbons (Fsp3) is 0.533. The second kappa shape index (κ2) is 4.09. The van der Waals surface area contributed by atoms with Crippen LogP contribution in [0.3, 0.4) is 0 Å². The van der Waals surface area contributed by atoms with Gasteiger partial charge in [-0.05, 0) is 29.9 Å². The highest BCUT2D eigenvalue weighted by Gasteiger charge is 2.50. The van der Waals surface area contributed by atoms with Gasteiger partial charge in [-0.15, -0.1) is 0 Å². The lowest BCUT2D eigenvalue weighted by Crippen LogP contribution is -2.42. The Morgan fingerprint density at radius 1 is 1.44 bits per heavy atom. The van der Waals surface area contributed by atoms with Crippen molar-refractivity contribution in [3.05, 3.63) is 35.4 Å². The van der Waals surface area contributed by atoms with E-state index in [0.717, 1.165) is 19.4 Å². The number of fused-ring (bicyclic) bond motifs is 2. The lowest BCUT2D eigenvalue weighted by Gasteiger charge is -2.40. The summed E-state index contributed by atoms with van der Waals surface area (Å²) in [6.07, 6.45) is 2.07. The molecule has 1 spiro atoms. The quantitative estimate of drug-likeness (QED) is 0.797. The maximum absolute atomic E-state index is 11.5. The van der Waals surface area contributed by atoms with Crippen molar-refractivity contribution in [2.45, 2.75) is 31.1 Å². The van der Waals surface area contributed by atoms with E-state index in [0.29, 0.717) is 12.5 Å². The van der Waals surface area contributed by atoms with E-state index in [1.54, 1.807) is 0 Å². The molecule has 18 heavy (non-hydrogen) atoms. The van der Waals surface area contributed by atoms with Crippen LogP contribution in [0.2, 0.25) is 0 Å². The first-order chi connectivity index (χ1) is 8.65. The lowest BCUT2D eigenvalue weighted by molar-refractivity contribution is -0.143. The second-order valence-electron chi connectivity index (χ2n) is 5.70. The average molecular weight is 245 g/mol. The van der Waals surface area contributed by atoms with E-state index in [4.69, 9.17) is 0 Å². The molecule has 1 heterocycles. The summed E-state index contributed by atoms with van der Waals surface area (Å²) in [6, 6.07) is 8.40. The Kier molecular flexibility index (Phi) is 2.67. The molecule has 2 aliphatic rings. The highest BCUT2D eigenvalue weighted by molar-refractivity contribution is 5.74. The van der Waals surface area contributed by atoms with Crippen molar-refractivity contribution >= 4 is 5.97 Å². The van der Waals surface area contributed by atoms with Gasteiger partial charge in [-0.3, -0.25) is 4.79 Å². The van der Waals surface area contributed by atoms with Crippen molar-refractivity contribution in [3.8, 4) is 0 Å². The van der Waals surface area contributed by atoms with Crippen LogP contribution in [0, 0.1) is 5.92 Å². The zero-order valence-electron chi connectivity index (χ0n) is 10.6. The third kappa shape index (κ3) is 1.50. The number of rotatable bonds is 1. The molecule has 1 aromatic carbocycles. The number of carbonyl (C=O) groups is 1. The summed E-state index contributed by atoms with van der Waals surface area (Å²) in [5, 5.41) is 12.8. The third-order valence-corrected chi connectivity index (χ3v) is 4.81. The lowest BCUT2D eigenvalue weighted by atomic mass is 9.62. The smallest absolute Gasteiger partial charge is 0.308 e. The molecule has 0 amide bonds. The second-order valence-corrected chi connectivity index (χ2v) is 5.70. The summed E-state index contributed by atoms with van der Waals surface area (Å²) in [6.45, 7) is 3.63. The van der Waals surface area contributed by atoms with E-state index in [1.165, 1.54) is 11.1 Å². The number of aliphatic carboxylic acids is 1. The standard InChI is InChI=1S/C15H19NO2/c1-10-6-7-15(9-16-8-13(15)14(17)18)12-5-3-2-4-11(10)12/h2-5,10,13,16H,6-9H2,1H3,(H,17,18). The van der Waals surface area contributed by atoms with Crippen LogP contribution in [0.25, 0.3) is 0 Å². The van der Waals surface area contributed by atoms with Crippen LogP contribution in [-0.2, 0) is 10.2 Å². The predicted molar refractivity (Wildman–Crippen MR) is 69.8 cm³/mol. The first kappa shape index (κ1) is 11.7. The molecular weight excluding hydrogens is 226 g/mol. The molecule has 3 atom stereocenters. The molecule has 0 bridgehead atoms. The summed E-state index contributed by atoms with van der Waals surface area (Å²) >= 11 is 0. The minimum absolute atomic E-state index is 0.186. The molecule has 3 rings (SSSR count). The maximum atomic E-state index is 11.5. The Hall–Kier alpha value is -1.35. The molecule has 1 aliphatic heterocycles. The maximum Gasteiger partial charge on any atom is 0.308 e. The Morgan fingerprint density at radius 2 is 2.22 bits per heavy atom. The van der Waals surface area contributed by atoms with E-state index < -0.39 is 5.97 Å². The summed E-state index contributed by atoms with van der Waals surface area (Å²) in [7, 11) is 0. The van der Waals surface area contributed by atoms with Crippen molar-refractivity contribution < 1.29 is 9.90 Å². The minimum Gasteiger partial charge on any atom is -0.481 e. The molecule has 2 N–H and O–H groups in total. The Balaban J connectivity index is 2.14. The monoisotopic (exact) mass is 245 g/mol. The number of hydrogen-bond donors (Lipinski definition) is 2. The van der Waals surface area contributed by atoms with Crippen LogP contribution in [-0.4, -0.2) is 24.2 Å². The number of hydrogen-bond acceptors (Lipinski definition) is 2. The fourth-order valence-electron chi connectivity index (χ4n) is 3.77. The molecule has 3 heteroatoms. The third-order valence-electron chi connectivity index (χ3n) is 4.81. The van der Waals surface area contributed by atoms with Gasteiger partial charge in [-0.25, -0.2) is 0 Å². The largest absolute Gasteiger partial charge is 0.481 e. The van der Waals surface area contributed by atoms with Crippen molar-refractivity contribution in [1.82, 2.24) is 5.32 Å². The summed E-state index contributed by atoms with van der Waals surface area (Å²) in [5.41, 5.74) is 2.43. The molecule has 96 valence electrons. The molecule has 1 aliphatic carbocycles. The number of carboxylic acids is 1. The van der Waals surface area contributed by atoms with E-state index >= 15 is 0 Å². The summed E-state index contributed by atoms with van der Waals surface area (Å²) < 4.78 is 0. The molecule has 1 fully saturated rings.